The van der Waals surface area contributed by atoms with Gasteiger partial charge in [-0.3, -0.25) is 4.99 Å². The molecule has 1 heterocycles. The van der Waals surface area contributed by atoms with E-state index in [9.17, 15) is 9.50 Å². The van der Waals surface area contributed by atoms with Gasteiger partial charge in [0.2, 0.25) is 5.89 Å². The van der Waals surface area contributed by atoms with Crippen molar-refractivity contribution in [3.63, 3.8) is 0 Å². The van der Waals surface area contributed by atoms with Crippen LogP contribution in [-0.4, -0.2) is 16.3 Å². The SMILES string of the molecule is CC(C)(C)c1ccc(O)c(C=Nc2ccccc2-c2nc3c(-c4ccccc4)cc(-c4ccc(-c5ccc(F)cc5)cc4)cc3o2)c1. The molecule has 7 aromatic rings. The number of benzene rings is 6. The lowest BCUT2D eigenvalue weighted by Gasteiger charge is -2.19. The van der Waals surface area contributed by atoms with E-state index in [-0.39, 0.29) is 17.0 Å². The van der Waals surface area contributed by atoms with E-state index in [1.807, 2.05) is 72.8 Å². The Balaban J connectivity index is 1.30. The number of hydrogen-bond donors (Lipinski definition) is 1. The lowest BCUT2D eigenvalue weighted by atomic mass is 9.86. The van der Waals surface area contributed by atoms with Crippen molar-refractivity contribution in [2.24, 2.45) is 4.99 Å². The van der Waals surface area contributed by atoms with Gasteiger partial charge in [-0.2, -0.15) is 0 Å². The van der Waals surface area contributed by atoms with E-state index in [1.54, 1.807) is 24.4 Å². The number of hydrogen-bond acceptors (Lipinski definition) is 4. The van der Waals surface area contributed by atoms with Crippen LogP contribution >= 0.6 is 0 Å². The molecule has 0 aliphatic carbocycles. The van der Waals surface area contributed by atoms with Crippen LogP contribution in [-0.2, 0) is 5.41 Å². The maximum Gasteiger partial charge on any atom is 0.229 e. The van der Waals surface area contributed by atoms with Crippen LogP contribution in [0.4, 0.5) is 10.1 Å². The van der Waals surface area contributed by atoms with Gasteiger partial charge in [-0.25, -0.2) is 9.37 Å². The van der Waals surface area contributed by atoms with Gasteiger partial charge in [0.15, 0.2) is 5.58 Å². The molecule has 0 saturated heterocycles. The first kappa shape index (κ1) is 29.9. The van der Waals surface area contributed by atoms with Gasteiger partial charge in [-0.05, 0) is 87.3 Å². The molecular formula is C42H33FN2O2. The van der Waals surface area contributed by atoms with Gasteiger partial charge in [0.05, 0.1) is 11.3 Å². The average Bonchev–Trinajstić information content (AvgIpc) is 3.52. The van der Waals surface area contributed by atoms with E-state index in [0.717, 1.165) is 50.0 Å². The highest BCUT2D eigenvalue weighted by atomic mass is 19.1. The van der Waals surface area contributed by atoms with E-state index in [4.69, 9.17) is 14.4 Å². The van der Waals surface area contributed by atoms with E-state index in [1.165, 1.54) is 12.1 Å². The number of phenolic OH excluding ortho intramolecular Hbond substituents is 1. The average molecular weight is 617 g/mol. The van der Waals surface area contributed by atoms with Crippen molar-refractivity contribution in [3.8, 4) is 50.6 Å². The highest BCUT2D eigenvalue weighted by Crippen LogP contribution is 2.39. The zero-order valence-electron chi connectivity index (χ0n) is 26.4. The molecule has 0 aliphatic heterocycles. The molecule has 0 fully saturated rings. The minimum Gasteiger partial charge on any atom is -0.507 e. The second kappa shape index (κ2) is 12.2. The largest absolute Gasteiger partial charge is 0.507 e. The predicted molar refractivity (Wildman–Crippen MR) is 190 cm³/mol. The van der Waals surface area contributed by atoms with E-state index >= 15 is 0 Å². The predicted octanol–water partition coefficient (Wildman–Crippen LogP) is 11.4. The molecule has 0 saturated carbocycles. The van der Waals surface area contributed by atoms with Crippen LogP contribution < -0.4 is 0 Å². The van der Waals surface area contributed by atoms with Crippen LogP contribution in [0.2, 0.25) is 0 Å². The zero-order chi connectivity index (χ0) is 32.5. The number of fused-ring (bicyclic) bond motifs is 1. The molecule has 47 heavy (non-hydrogen) atoms. The van der Waals surface area contributed by atoms with Crippen molar-refractivity contribution in [2.45, 2.75) is 26.2 Å². The summed E-state index contributed by atoms with van der Waals surface area (Å²) < 4.78 is 20.0. The molecule has 5 heteroatoms. The molecule has 0 aliphatic rings. The molecule has 1 aromatic heterocycles. The van der Waals surface area contributed by atoms with E-state index in [0.29, 0.717) is 22.7 Å². The Morgan fingerprint density at radius 3 is 2.00 bits per heavy atom. The first-order valence-electron chi connectivity index (χ1n) is 15.6. The van der Waals surface area contributed by atoms with Crippen LogP contribution in [0.15, 0.2) is 143 Å². The lowest BCUT2D eigenvalue weighted by Crippen LogP contribution is -2.11. The third-order valence-corrected chi connectivity index (χ3v) is 8.35. The molecule has 1 N–H and O–H groups in total. The van der Waals surface area contributed by atoms with Crippen LogP contribution in [0.3, 0.4) is 0 Å². The number of nitrogens with zero attached hydrogens (tertiary/aromatic N) is 2. The topological polar surface area (TPSA) is 58.6 Å². The summed E-state index contributed by atoms with van der Waals surface area (Å²) in [6.45, 7) is 6.42. The summed E-state index contributed by atoms with van der Waals surface area (Å²) in [6, 6.07) is 42.4. The highest BCUT2D eigenvalue weighted by molar-refractivity contribution is 5.97. The number of aromatic hydroxyl groups is 1. The van der Waals surface area contributed by atoms with Gasteiger partial charge >= 0.3 is 0 Å². The minimum atomic E-state index is -0.252. The molecule has 230 valence electrons. The molecule has 7 rings (SSSR count). The monoisotopic (exact) mass is 616 g/mol. The van der Waals surface area contributed by atoms with E-state index < -0.39 is 0 Å². The van der Waals surface area contributed by atoms with Crippen molar-refractivity contribution in [1.29, 1.82) is 0 Å². The molecule has 0 amide bonds. The third-order valence-electron chi connectivity index (χ3n) is 8.35. The van der Waals surface area contributed by atoms with Gasteiger partial charge in [0.25, 0.3) is 0 Å². The summed E-state index contributed by atoms with van der Waals surface area (Å²) in [5.41, 5.74) is 10.5. The first-order chi connectivity index (χ1) is 22.7. The Hall–Kier alpha value is -5.81. The third kappa shape index (κ3) is 6.21. The lowest BCUT2D eigenvalue weighted by molar-refractivity contribution is 0.473. The second-order valence-corrected chi connectivity index (χ2v) is 12.6. The normalized spacial score (nSPS) is 11.8. The van der Waals surface area contributed by atoms with Gasteiger partial charge in [-0.1, -0.05) is 106 Å². The second-order valence-electron chi connectivity index (χ2n) is 12.6. The minimum absolute atomic E-state index is 0.0632. The molecule has 0 atom stereocenters. The fourth-order valence-electron chi connectivity index (χ4n) is 5.68. The van der Waals surface area contributed by atoms with Crippen molar-refractivity contribution in [3.05, 3.63) is 150 Å². The summed E-state index contributed by atoms with van der Waals surface area (Å²) in [5.74, 6) is 0.381. The standard InChI is InChI=1S/C42H33FN2O2/c1-42(2,3)33-19-22-38(46)32(23-33)26-44-37-12-8-7-11-35(37)41-45-40-36(30-9-5-4-6-10-30)24-31(25-39(40)47-41)29-15-13-27(14-16-29)28-17-20-34(43)21-18-28/h4-26,46H,1-3H3. The number of halogens is 1. The van der Waals surface area contributed by atoms with Crippen molar-refractivity contribution in [2.75, 3.05) is 0 Å². The highest BCUT2D eigenvalue weighted by Gasteiger charge is 2.18. The Morgan fingerprint density at radius 1 is 0.660 bits per heavy atom. The van der Waals surface area contributed by atoms with Crippen molar-refractivity contribution >= 4 is 23.0 Å². The summed E-state index contributed by atoms with van der Waals surface area (Å²) in [4.78, 5) is 9.80. The molecule has 0 radical (unpaired) electrons. The number of oxazole rings is 1. The molecule has 4 nitrogen and oxygen atoms in total. The molecule has 6 aromatic carbocycles. The molecule has 0 unspecified atom stereocenters. The van der Waals surface area contributed by atoms with Gasteiger partial charge in [0, 0.05) is 17.3 Å². The fraction of sp³-hybridized carbons (Fsp3) is 0.0952. The summed E-state index contributed by atoms with van der Waals surface area (Å²) >= 11 is 0. The quantitative estimate of drug-likeness (QED) is 0.189. The van der Waals surface area contributed by atoms with Crippen molar-refractivity contribution in [1.82, 2.24) is 4.98 Å². The number of rotatable bonds is 6. The van der Waals surface area contributed by atoms with Crippen LogP contribution in [0.25, 0.3) is 55.9 Å². The first-order valence-corrected chi connectivity index (χ1v) is 15.6. The molecular weight excluding hydrogens is 583 g/mol. The van der Waals surface area contributed by atoms with E-state index in [2.05, 4.69) is 51.1 Å². The zero-order valence-corrected chi connectivity index (χ0v) is 26.4. The summed E-state index contributed by atoms with van der Waals surface area (Å²) in [6.07, 6.45) is 1.69. The van der Waals surface area contributed by atoms with Gasteiger partial charge in [0.1, 0.15) is 17.1 Å². The van der Waals surface area contributed by atoms with Gasteiger partial charge < -0.3 is 9.52 Å². The number of para-hydroxylation sites is 1. The van der Waals surface area contributed by atoms with Crippen LogP contribution in [0.5, 0.6) is 5.75 Å². The smallest absolute Gasteiger partial charge is 0.229 e. The Morgan fingerprint density at radius 2 is 1.30 bits per heavy atom. The Kier molecular flexibility index (Phi) is 7.74. The fourth-order valence-corrected chi connectivity index (χ4v) is 5.68. The molecule has 0 spiro atoms. The number of aliphatic imine (C=N–C) groups is 1. The van der Waals surface area contributed by atoms with Crippen molar-refractivity contribution < 1.29 is 13.9 Å². The maximum absolute atomic E-state index is 13.5. The molecule has 0 bridgehead atoms. The maximum atomic E-state index is 13.5. The Labute approximate surface area is 273 Å². The van der Waals surface area contributed by atoms with Gasteiger partial charge in [-0.15, -0.1) is 0 Å². The van der Waals surface area contributed by atoms with Crippen LogP contribution in [0.1, 0.15) is 31.9 Å². The summed E-state index contributed by atoms with van der Waals surface area (Å²) in [5, 5.41) is 10.6. The van der Waals surface area contributed by atoms with Crippen LogP contribution in [0, 0.1) is 5.82 Å². The summed E-state index contributed by atoms with van der Waals surface area (Å²) in [7, 11) is 0. The Bertz CT molecular complexity index is 2230. The number of phenols is 1. The number of aromatic nitrogens is 1.